The Kier molecular flexibility index (Phi) is 4.69. The lowest BCUT2D eigenvalue weighted by Gasteiger charge is -2.31. The van der Waals surface area contributed by atoms with E-state index in [4.69, 9.17) is 4.74 Å². The first-order chi connectivity index (χ1) is 10.1. The monoisotopic (exact) mass is 421 g/mol. The predicted molar refractivity (Wildman–Crippen MR) is 87.4 cm³/mol. The average molecular weight is 421 g/mol. The number of hydrogen-bond donors (Lipinski definition) is 2. The van der Waals surface area contributed by atoms with Gasteiger partial charge in [-0.2, -0.15) is 5.10 Å². The molecular weight excluding hydrogens is 401 g/mol. The van der Waals surface area contributed by atoms with E-state index >= 15 is 0 Å². The van der Waals surface area contributed by atoms with Gasteiger partial charge in [0.2, 0.25) is 0 Å². The van der Waals surface area contributed by atoms with Crippen LogP contribution < -0.4 is 5.32 Å². The minimum absolute atomic E-state index is 0.0786. The highest BCUT2D eigenvalue weighted by Gasteiger charge is 2.53. The third-order valence-corrected chi connectivity index (χ3v) is 3.95. The maximum Gasteiger partial charge on any atom is 0.408 e. The Labute approximate surface area is 142 Å². The largest absolute Gasteiger partial charge is 0.479 e. The Morgan fingerprint density at radius 3 is 2.55 bits per heavy atom. The van der Waals surface area contributed by atoms with Crippen LogP contribution in [-0.2, 0) is 16.1 Å². The SMILES string of the molecule is CC(C)(C)OC(=O)NC(Cn1cc(I)cn1)(C(=O)O)C1CC1. The fraction of sp³-hybridized carbons (Fsp3) is 0.643. The predicted octanol–water partition coefficient (Wildman–Crippen LogP) is 2.25. The van der Waals surface area contributed by atoms with E-state index in [9.17, 15) is 14.7 Å². The number of nitrogens with zero attached hydrogens (tertiary/aromatic N) is 2. The fourth-order valence-electron chi connectivity index (χ4n) is 2.31. The summed E-state index contributed by atoms with van der Waals surface area (Å²) in [5.74, 6) is -1.18. The molecule has 1 heterocycles. The molecule has 1 saturated carbocycles. The number of alkyl carbamates (subject to hydrolysis) is 1. The lowest BCUT2D eigenvalue weighted by molar-refractivity contribution is -0.146. The normalized spacial score (nSPS) is 17.6. The molecule has 1 atom stereocenters. The number of aliphatic carboxylic acids is 1. The van der Waals surface area contributed by atoms with Crippen molar-refractivity contribution in [3.05, 3.63) is 16.0 Å². The molecule has 7 nitrogen and oxygen atoms in total. The van der Waals surface area contributed by atoms with Crippen molar-refractivity contribution in [1.82, 2.24) is 15.1 Å². The molecule has 0 radical (unpaired) electrons. The number of aromatic nitrogens is 2. The number of nitrogens with one attached hydrogen (secondary N) is 1. The number of amides is 1. The molecule has 1 aromatic rings. The van der Waals surface area contributed by atoms with Crippen LogP contribution in [0.4, 0.5) is 4.79 Å². The Morgan fingerprint density at radius 1 is 1.50 bits per heavy atom. The molecule has 0 bridgehead atoms. The zero-order chi connectivity index (χ0) is 16.5. The van der Waals surface area contributed by atoms with E-state index in [-0.39, 0.29) is 12.5 Å². The van der Waals surface area contributed by atoms with Crippen molar-refractivity contribution in [2.45, 2.75) is 51.3 Å². The number of halogens is 1. The molecule has 0 spiro atoms. The lowest BCUT2D eigenvalue weighted by Crippen LogP contribution is -2.59. The van der Waals surface area contributed by atoms with Crippen molar-refractivity contribution in [2.75, 3.05) is 0 Å². The van der Waals surface area contributed by atoms with Gasteiger partial charge in [-0.3, -0.25) is 4.68 Å². The second kappa shape index (κ2) is 6.05. The number of carbonyl (C=O) groups is 2. The van der Waals surface area contributed by atoms with Gasteiger partial charge in [0.05, 0.1) is 16.3 Å². The Balaban J connectivity index is 2.21. The maximum atomic E-state index is 12.1. The van der Waals surface area contributed by atoms with Gasteiger partial charge in [0.1, 0.15) is 5.60 Å². The summed E-state index contributed by atoms with van der Waals surface area (Å²) < 4.78 is 7.67. The first-order valence-corrected chi connectivity index (χ1v) is 8.13. The molecule has 1 amide bonds. The molecule has 1 aliphatic rings. The summed E-state index contributed by atoms with van der Waals surface area (Å²) in [6, 6.07) is 0. The van der Waals surface area contributed by atoms with Gasteiger partial charge >= 0.3 is 12.1 Å². The van der Waals surface area contributed by atoms with Gasteiger partial charge in [-0.25, -0.2) is 9.59 Å². The number of rotatable bonds is 5. The highest BCUT2D eigenvalue weighted by Crippen LogP contribution is 2.41. The van der Waals surface area contributed by atoms with Gasteiger partial charge in [0.25, 0.3) is 0 Å². The molecule has 1 aliphatic carbocycles. The Hall–Kier alpha value is -1.32. The van der Waals surface area contributed by atoms with Crippen LogP contribution in [-0.4, -0.2) is 38.1 Å². The maximum absolute atomic E-state index is 12.1. The van der Waals surface area contributed by atoms with Gasteiger partial charge < -0.3 is 15.2 Å². The number of carbonyl (C=O) groups excluding carboxylic acids is 1. The zero-order valence-electron chi connectivity index (χ0n) is 12.8. The minimum atomic E-state index is -1.39. The molecule has 0 aliphatic heterocycles. The Morgan fingerprint density at radius 2 is 2.14 bits per heavy atom. The number of ether oxygens (including phenoxy) is 1. The quantitative estimate of drug-likeness (QED) is 0.712. The van der Waals surface area contributed by atoms with Gasteiger partial charge in [-0.1, -0.05) is 0 Å². The molecule has 2 N–H and O–H groups in total. The molecule has 0 aromatic carbocycles. The fourth-order valence-corrected chi connectivity index (χ4v) is 2.75. The molecule has 2 rings (SSSR count). The number of carboxylic acid groups (broad SMARTS) is 1. The van der Waals surface area contributed by atoms with Crippen molar-refractivity contribution < 1.29 is 19.4 Å². The van der Waals surface area contributed by atoms with Gasteiger partial charge in [0.15, 0.2) is 5.54 Å². The van der Waals surface area contributed by atoms with Crippen molar-refractivity contribution in [3.8, 4) is 0 Å². The standard InChI is InChI=1S/C14H20IN3O4/c1-13(2,3)22-12(21)17-14(11(19)20,9-4-5-9)8-18-7-10(15)6-16-18/h6-7,9H,4-5,8H2,1-3H3,(H,17,21)(H,19,20). The van der Waals surface area contributed by atoms with E-state index in [1.54, 1.807) is 37.8 Å². The van der Waals surface area contributed by atoms with Gasteiger partial charge in [-0.15, -0.1) is 0 Å². The highest BCUT2D eigenvalue weighted by molar-refractivity contribution is 14.1. The van der Waals surface area contributed by atoms with Crippen molar-refractivity contribution in [1.29, 1.82) is 0 Å². The highest BCUT2D eigenvalue weighted by atomic mass is 127. The summed E-state index contributed by atoms with van der Waals surface area (Å²) in [6.45, 7) is 5.29. The summed E-state index contributed by atoms with van der Waals surface area (Å²) >= 11 is 2.10. The van der Waals surface area contributed by atoms with Crippen molar-refractivity contribution in [3.63, 3.8) is 0 Å². The second-order valence-electron chi connectivity index (χ2n) is 6.53. The van der Waals surface area contributed by atoms with Crippen LogP contribution in [0.25, 0.3) is 0 Å². The Bertz CT molecular complexity index is 577. The van der Waals surface area contributed by atoms with Crippen LogP contribution in [0, 0.1) is 9.49 Å². The van der Waals surface area contributed by atoms with Crippen molar-refractivity contribution >= 4 is 34.7 Å². The first-order valence-electron chi connectivity index (χ1n) is 7.05. The van der Waals surface area contributed by atoms with E-state index in [1.165, 1.54) is 0 Å². The van der Waals surface area contributed by atoms with E-state index in [0.29, 0.717) is 0 Å². The molecule has 1 fully saturated rings. The van der Waals surface area contributed by atoms with E-state index in [0.717, 1.165) is 16.4 Å². The number of carboxylic acids is 1. The van der Waals surface area contributed by atoms with Crippen LogP contribution in [0.15, 0.2) is 12.4 Å². The summed E-state index contributed by atoms with van der Waals surface area (Å²) in [4.78, 5) is 24.0. The van der Waals surface area contributed by atoms with Crippen LogP contribution in [0.1, 0.15) is 33.6 Å². The smallest absolute Gasteiger partial charge is 0.408 e. The molecule has 0 saturated heterocycles. The van der Waals surface area contributed by atoms with E-state index < -0.39 is 23.2 Å². The van der Waals surface area contributed by atoms with Gasteiger partial charge in [-0.05, 0) is 62.1 Å². The summed E-state index contributed by atoms with van der Waals surface area (Å²) in [5, 5.41) is 16.4. The van der Waals surface area contributed by atoms with Crippen molar-refractivity contribution in [2.24, 2.45) is 5.92 Å². The third kappa shape index (κ3) is 4.11. The van der Waals surface area contributed by atoms with Crippen LogP contribution in [0.3, 0.4) is 0 Å². The van der Waals surface area contributed by atoms with Crippen LogP contribution in [0.2, 0.25) is 0 Å². The summed E-state index contributed by atoms with van der Waals surface area (Å²) in [7, 11) is 0. The van der Waals surface area contributed by atoms with Crippen LogP contribution >= 0.6 is 22.6 Å². The average Bonchev–Trinajstić information content (AvgIpc) is 3.11. The summed E-state index contributed by atoms with van der Waals surface area (Å²) in [5.41, 5.74) is -2.07. The topological polar surface area (TPSA) is 93.5 Å². The molecule has 1 unspecified atom stereocenters. The minimum Gasteiger partial charge on any atom is -0.479 e. The van der Waals surface area contributed by atoms with Gasteiger partial charge in [0, 0.05) is 6.20 Å². The number of hydrogen-bond acceptors (Lipinski definition) is 4. The molecule has 8 heteroatoms. The molecular formula is C14H20IN3O4. The van der Waals surface area contributed by atoms with E-state index in [2.05, 4.69) is 33.0 Å². The molecule has 1 aromatic heterocycles. The van der Waals surface area contributed by atoms with E-state index in [1.807, 2.05) is 0 Å². The third-order valence-electron chi connectivity index (χ3n) is 3.39. The van der Waals surface area contributed by atoms with Crippen LogP contribution in [0.5, 0.6) is 0 Å². The second-order valence-corrected chi connectivity index (χ2v) is 7.78. The zero-order valence-corrected chi connectivity index (χ0v) is 15.0. The lowest BCUT2D eigenvalue weighted by atomic mass is 9.93. The molecule has 22 heavy (non-hydrogen) atoms. The molecule has 122 valence electrons. The summed E-state index contributed by atoms with van der Waals surface area (Å²) in [6.07, 6.45) is 4.20. The first kappa shape index (κ1) is 17.0.